The molecule has 1 nitrogen and oxygen atoms in total. The summed E-state index contributed by atoms with van der Waals surface area (Å²) in [7, 11) is 0. The second-order valence-corrected chi connectivity index (χ2v) is 4.52. The van der Waals surface area contributed by atoms with Gasteiger partial charge in [0.25, 0.3) is 0 Å². The van der Waals surface area contributed by atoms with Gasteiger partial charge in [0.1, 0.15) is 5.75 Å². The van der Waals surface area contributed by atoms with Gasteiger partial charge in [0, 0.05) is 12.1 Å². The van der Waals surface area contributed by atoms with Gasteiger partial charge in [0.2, 0.25) is 0 Å². The van der Waals surface area contributed by atoms with E-state index in [1.807, 2.05) is 26.0 Å². The molecule has 0 fully saturated rings. The molecule has 19 heavy (non-hydrogen) atoms. The molecule has 0 saturated carbocycles. The Labute approximate surface area is 109 Å². The normalized spacial score (nSPS) is 10.8. The molecule has 0 aliphatic rings. The number of hydrogen-bond donors (Lipinski definition) is 0. The van der Waals surface area contributed by atoms with Crippen LogP contribution in [0.5, 0.6) is 11.5 Å². The molecule has 4 heteroatoms. The number of benzene rings is 2. The second kappa shape index (κ2) is 5.34. The van der Waals surface area contributed by atoms with Gasteiger partial charge >= 0.3 is 0 Å². The molecule has 2 rings (SSSR count). The summed E-state index contributed by atoms with van der Waals surface area (Å²) in [6.45, 7) is 4.09. The van der Waals surface area contributed by atoms with Gasteiger partial charge in [-0.05, 0) is 23.6 Å². The van der Waals surface area contributed by atoms with Crippen molar-refractivity contribution in [2.45, 2.75) is 19.8 Å². The van der Waals surface area contributed by atoms with Crippen molar-refractivity contribution in [1.82, 2.24) is 0 Å². The second-order valence-electron chi connectivity index (χ2n) is 4.52. The average molecular weight is 266 g/mol. The van der Waals surface area contributed by atoms with Crippen molar-refractivity contribution in [2.24, 2.45) is 0 Å². The topological polar surface area (TPSA) is 9.23 Å². The molecule has 0 aliphatic carbocycles. The molecule has 0 bridgehead atoms. The number of halogens is 3. The Morgan fingerprint density at radius 1 is 0.842 bits per heavy atom. The maximum Gasteiger partial charge on any atom is 0.168 e. The van der Waals surface area contributed by atoms with Crippen molar-refractivity contribution in [2.75, 3.05) is 0 Å². The Morgan fingerprint density at radius 3 is 2.00 bits per heavy atom. The molecular formula is C15H13F3O. The summed E-state index contributed by atoms with van der Waals surface area (Å²) in [5.74, 6) is -2.92. The molecule has 0 aliphatic heterocycles. The molecule has 0 radical (unpaired) electrons. The molecular weight excluding hydrogens is 253 g/mol. The van der Waals surface area contributed by atoms with Gasteiger partial charge in [-0.2, -0.15) is 0 Å². The fourth-order valence-electron chi connectivity index (χ4n) is 1.63. The van der Waals surface area contributed by atoms with Gasteiger partial charge in [0.15, 0.2) is 23.2 Å². The zero-order chi connectivity index (χ0) is 14.0. The van der Waals surface area contributed by atoms with E-state index in [1.54, 1.807) is 12.1 Å². The smallest absolute Gasteiger partial charge is 0.168 e. The molecule has 0 N–H and O–H groups in total. The lowest BCUT2D eigenvalue weighted by Gasteiger charge is -2.09. The summed E-state index contributed by atoms with van der Waals surface area (Å²) < 4.78 is 44.4. The molecule has 100 valence electrons. The van der Waals surface area contributed by atoms with Crippen molar-refractivity contribution in [3.05, 3.63) is 59.4 Å². The summed E-state index contributed by atoms with van der Waals surface area (Å²) in [5.41, 5.74) is 1.11. The summed E-state index contributed by atoms with van der Waals surface area (Å²) in [4.78, 5) is 0. The Hall–Kier alpha value is -1.97. The van der Waals surface area contributed by atoms with Gasteiger partial charge in [-0.15, -0.1) is 0 Å². The summed E-state index contributed by atoms with van der Waals surface area (Å²) in [6, 6.07) is 8.18. The van der Waals surface area contributed by atoms with E-state index < -0.39 is 17.5 Å². The zero-order valence-electron chi connectivity index (χ0n) is 10.6. The molecule has 0 unspecified atom stereocenters. The minimum Gasteiger partial charge on any atom is -0.454 e. The van der Waals surface area contributed by atoms with Gasteiger partial charge in [0.05, 0.1) is 0 Å². The van der Waals surface area contributed by atoms with Crippen LogP contribution in [0.1, 0.15) is 25.3 Å². The van der Waals surface area contributed by atoms with Gasteiger partial charge in [-0.3, -0.25) is 0 Å². The van der Waals surface area contributed by atoms with Crippen molar-refractivity contribution in [1.29, 1.82) is 0 Å². The molecule has 0 heterocycles. The molecule has 0 aromatic heterocycles. The first-order chi connectivity index (χ1) is 8.97. The zero-order valence-corrected chi connectivity index (χ0v) is 10.6. The van der Waals surface area contributed by atoms with Crippen LogP contribution in [-0.2, 0) is 0 Å². The first-order valence-electron chi connectivity index (χ1n) is 5.89. The van der Waals surface area contributed by atoms with Crippen LogP contribution in [0.4, 0.5) is 13.2 Å². The first kappa shape index (κ1) is 13.5. The largest absolute Gasteiger partial charge is 0.454 e. The molecule has 0 atom stereocenters. The predicted octanol–water partition coefficient (Wildman–Crippen LogP) is 5.02. The maximum absolute atomic E-state index is 13.4. The van der Waals surface area contributed by atoms with Crippen LogP contribution in [0.2, 0.25) is 0 Å². The molecule has 0 amide bonds. The van der Waals surface area contributed by atoms with Crippen molar-refractivity contribution >= 4 is 0 Å². The monoisotopic (exact) mass is 266 g/mol. The highest BCUT2D eigenvalue weighted by Gasteiger charge is 2.11. The van der Waals surface area contributed by atoms with E-state index in [9.17, 15) is 13.2 Å². The SMILES string of the molecule is CC(C)c1ccc(Oc2cc(F)c(F)cc2F)cc1. The van der Waals surface area contributed by atoms with Crippen LogP contribution in [-0.4, -0.2) is 0 Å². The van der Waals surface area contributed by atoms with E-state index in [0.29, 0.717) is 23.8 Å². The van der Waals surface area contributed by atoms with E-state index in [0.717, 1.165) is 5.56 Å². The van der Waals surface area contributed by atoms with Crippen LogP contribution in [0.25, 0.3) is 0 Å². The van der Waals surface area contributed by atoms with Crippen LogP contribution in [0.3, 0.4) is 0 Å². The van der Waals surface area contributed by atoms with Gasteiger partial charge in [-0.1, -0.05) is 26.0 Å². The van der Waals surface area contributed by atoms with Crippen molar-refractivity contribution < 1.29 is 17.9 Å². The quantitative estimate of drug-likeness (QED) is 0.709. The van der Waals surface area contributed by atoms with Crippen LogP contribution >= 0.6 is 0 Å². The fraction of sp³-hybridized carbons (Fsp3) is 0.200. The van der Waals surface area contributed by atoms with E-state index in [4.69, 9.17) is 4.74 Å². The lowest BCUT2D eigenvalue weighted by Crippen LogP contribution is -1.93. The lowest BCUT2D eigenvalue weighted by molar-refractivity contribution is 0.422. The highest BCUT2D eigenvalue weighted by molar-refractivity contribution is 5.35. The third-order valence-electron chi connectivity index (χ3n) is 2.75. The number of rotatable bonds is 3. The third kappa shape index (κ3) is 3.08. The standard InChI is InChI=1S/C15H13F3O/c1-9(2)10-3-5-11(6-4-10)19-15-8-13(17)12(16)7-14(15)18/h3-9H,1-2H3. The van der Waals surface area contributed by atoms with Crippen LogP contribution < -0.4 is 4.74 Å². The maximum atomic E-state index is 13.4. The molecule has 0 spiro atoms. The average Bonchev–Trinajstić information content (AvgIpc) is 2.36. The highest BCUT2D eigenvalue weighted by Crippen LogP contribution is 2.27. The summed E-state index contributed by atoms with van der Waals surface area (Å²) >= 11 is 0. The molecule has 2 aromatic carbocycles. The Morgan fingerprint density at radius 2 is 1.42 bits per heavy atom. The Kier molecular flexibility index (Phi) is 3.79. The van der Waals surface area contributed by atoms with Crippen LogP contribution in [0, 0.1) is 17.5 Å². The minimum atomic E-state index is -1.24. The van der Waals surface area contributed by atoms with E-state index in [-0.39, 0.29) is 5.75 Å². The Balaban J connectivity index is 2.24. The van der Waals surface area contributed by atoms with Crippen molar-refractivity contribution in [3.8, 4) is 11.5 Å². The highest BCUT2D eigenvalue weighted by atomic mass is 19.2. The Bertz CT molecular complexity index is 577. The summed E-state index contributed by atoms with van der Waals surface area (Å²) in [5, 5.41) is 0. The van der Waals surface area contributed by atoms with E-state index >= 15 is 0 Å². The van der Waals surface area contributed by atoms with Crippen LogP contribution in [0.15, 0.2) is 36.4 Å². The number of ether oxygens (including phenoxy) is 1. The van der Waals surface area contributed by atoms with E-state index in [1.165, 1.54) is 0 Å². The van der Waals surface area contributed by atoms with E-state index in [2.05, 4.69) is 0 Å². The summed E-state index contributed by atoms with van der Waals surface area (Å²) in [6.07, 6.45) is 0. The van der Waals surface area contributed by atoms with Gasteiger partial charge in [-0.25, -0.2) is 13.2 Å². The molecule has 2 aromatic rings. The van der Waals surface area contributed by atoms with Crippen molar-refractivity contribution in [3.63, 3.8) is 0 Å². The lowest BCUT2D eigenvalue weighted by atomic mass is 10.0. The number of hydrogen-bond acceptors (Lipinski definition) is 1. The molecule has 0 saturated heterocycles. The fourth-order valence-corrected chi connectivity index (χ4v) is 1.63. The predicted molar refractivity (Wildman–Crippen MR) is 66.9 cm³/mol. The third-order valence-corrected chi connectivity index (χ3v) is 2.75. The van der Waals surface area contributed by atoms with Gasteiger partial charge < -0.3 is 4.74 Å². The first-order valence-corrected chi connectivity index (χ1v) is 5.89. The minimum absolute atomic E-state index is 0.337.